The van der Waals surface area contributed by atoms with Gasteiger partial charge in [0.25, 0.3) is 0 Å². The van der Waals surface area contributed by atoms with Crippen LogP contribution in [0.2, 0.25) is 0 Å². The maximum absolute atomic E-state index is 13.3. The molecule has 1 aromatic carbocycles. The molecule has 0 aromatic heterocycles. The lowest BCUT2D eigenvalue weighted by atomic mass is 10.1. The predicted molar refractivity (Wildman–Crippen MR) is 68.7 cm³/mol. The van der Waals surface area contributed by atoms with Gasteiger partial charge in [0.1, 0.15) is 5.82 Å². The summed E-state index contributed by atoms with van der Waals surface area (Å²) in [4.78, 5) is 13.2. The van der Waals surface area contributed by atoms with E-state index >= 15 is 0 Å². The molecular weight excluding hydrogens is 249 g/mol. The first-order valence-electron chi connectivity index (χ1n) is 6.36. The lowest BCUT2D eigenvalue weighted by Gasteiger charge is -2.21. The van der Waals surface area contributed by atoms with Crippen molar-refractivity contribution in [2.45, 2.75) is 25.4 Å². The van der Waals surface area contributed by atoms with Gasteiger partial charge < -0.3 is 9.84 Å². The van der Waals surface area contributed by atoms with Crippen molar-refractivity contribution in [2.75, 3.05) is 20.3 Å². The molecule has 1 aromatic rings. The second-order valence-electron chi connectivity index (χ2n) is 4.81. The number of benzene rings is 1. The van der Waals surface area contributed by atoms with Crippen LogP contribution in [0.3, 0.4) is 0 Å². The van der Waals surface area contributed by atoms with Crippen LogP contribution >= 0.6 is 0 Å². The number of carboxylic acids is 1. The van der Waals surface area contributed by atoms with E-state index in [0.29, 0.717) is 19.2 Å². The minimum atomic E-state index is -1.23. The SMILES string of the molecule is COCCN(Cc1ccc(F)c(C(=O)O)c1)C1CC1. The molecule has 2 rings (SSSR count). The normalized spacial score (nSPS) is 14.9. The maximum Gasteiger partial charge on any atom is 0.338 e. The molecule has 1 saturated carbocycles. The molecule has 104 valence electrons. The first kappa shape index (κ1) is 14.0. The first-order valence-corrected chi connectivity index (χ1v) is 6.36. The zero-order valence-corrected chi connectivity index (χ0v) is 10.9. The van der Waals surface area contributed by atoms with E-state index in [0.717, 1.165) is 24.9 Å². The summed E-state index contributed by atoms with van der Waals surface area (Å²) in [6, 6.07) is 4.83. The number of methoxy groups -OCH3 is 1. The van der Waals surface area contributed by atoms with Crippen molar-refractivity contribution >= 4 is 5.97 Å². The summed E-state index contributed by atoms with van der Waals surface area (Å²) in [6.07, 6.45) is 2.33. The van der Waals surface area contributed by atoms with Crippen LogP contribution in [0.4, 0.5) is 4.39 Å². The Balaban J connectivity index is 2.08. The quantitative estimate of drug-likeness (QED) is 0.822. The van der Waals surface area contributed by atoms with E-state index in [1.165, 1.54) is 12.1 Å². The maximum atomic E-state index is 13.3. The molecular formula is C14H18FNO3. The summed E-state index contributed by atoms with van der Waals surface area (Å²) in [5, 5.41) is 8.91. The van der Waals surface area contributed by atoms with Crippen molar-refractivity contribution in [3.63, 3.8) is 0 Å². The van der Waals surface area contributed by atoms with Crippen molar-refractivity contribution in [1.82, 2.24) is 4.90 Å². The highest BCUT2D eigenvalue weighted by Gasteiger charge is 2.28. The summed E-state index contributed by atoms with van der Waals surface area (Å²) in [6.45, 7) is 2.08. The van der Waals surface area contributed by atoms with Gasteiger partial charge in [-0.25, -0.2) is 9.18 Å². The lowest BCUT2D eigenvalue weighted by Crippen LogP contribution is -2.29. The zero-order chi connectivity index (χ0) is 13.8. The number of halogens is 1. The Kier molecular flexibility index (Phi) is 4.50. The molecule has 1 N–H and O–H groups in total. The molecule has 0 aliphatic heterocycles. The van der Waals surface area contributed by atoms with E-state index in [9.17, 15) is 9.18 Å². The zero-order valence-electron chi connectivity index (χ0n) is 10.9. The van der Waals surface area contributed by atoms with Gasteiger partial charge >= 0.3 is 5.97 Å². The monoisotopic (exact) mass is 267 g/mol. The number of aromatic carboxylic acids is 1. The summed E-state index contributed by atoms with van der Waals surface area (Å²) < 4.78 is 18.4. The van der Waals surface area contributed by atoms with Gasteiger partial charge in [-0.2, -0.15) is 0 Å². The number of carboxylic acid groups (broad SMARTS) is 1. The summed E-state index contributed by atoms with van der Waals surface area (Å²) in [5.41, 5.74) is 0.557. The average Bonchev–Trinajstić information content (AvgIpc) is 3.20. The Morgan fingerprint density at radius 1 is 1.53 bits per heavy atom. The van der Waals surface area contributed by atoms with E-state index in [1.54, 1.807) is 13.2 Å². The smallest absolute Gasteiger partial charge is 0.338 e. The third kappa shape index (κ3) is 3.75. The van der Waals surface area contributed by atoms with Gasteiger partial charge in [-0.1, -0.05) is 6.07 Å². The molecule has 0 radical (unpaired) electrons. The van der Waals surface area contributed by atoms with Gasteiger partial charge in [0.2, 0.25) is 0 Å². The fraction of sp³-hybridized carbons (Fsp3) is 0.500. The Labute approximate surface area is 111 Å². The second-order valence-corrected chi connectivity index (χ2v) is 4.81. The molecule has 0 atom stereocenters. The van der Waals surface area contributed by atoms with Gasteiger partial charge in [0, 0.05) is 26.2 Å². The summed E-state index contributed by atoms with van der Waals surface area (Å²) >= 11 is 0. The molecule has 0 saturated heterocycles. The van der Waals surface area contributed by atoms with Gasteiger partial charge in [-0.05, 0) is 30.5 Å². The van der Waals surface area contributed by atoms with Crippen LogP contribution in [0.15, 0.2) is 18.2 Å². The molecule has 5 heteroatoms. The van der Waals surface area contributed by atoms with Crippen LogP contribution in [-0.2, 0) is 11.3 Å². The number of hydrogen-bond acceptors (Lipinski definition) is 3. The highest BCUT2D eigenvalue weighted by atomic mass is 19.1. The number of nitrogens with zero attached hydrogens (tertiary/aromatic N) is 1. The summed E-state index contributed by atoms with van der Waals surface area (Å²) in [5.74, 6) is -1.92. The van der Waals surface area contributed by atoms with E-state index < -0.39 is 11.8 Å². The van der Waals surface area contributed by atoms with Gasteiger partial charge in [0.05, 0.1) is 12.2 Å². The van der Waals surface area contributed by atoms with Crippen molar-refractivity contribution in [3.8, 4) is 0 Å². The van der Waals surface area contributed by atoms with Gasteiger partial charge in [-0.3, -0.25) is 4.90 Å². The Hall–Kier alpha value is -1.46. The van der Waals surface area contributed by atoms with Crippen LogP contribution < -0.4 is 0 Å². The lowest BCUT2D eigenvalue weighted by molar-refractivity contribution is 0.0691. The molecule has 1 aliphatic rings. The Bertz CT molecular complexity index is 460. The first-order chi connectivity index (χ1) is 9.11. The molecule has 0 heterocycles. The average molecular weight is 267 g/mol. The molecule has 0 bridgehead atoms. The van der Waals surface area contributed by atoms with Crippen molar-refractivity contribution in [1.29, 1.82) is 0 Å². The van der Waals surface area contributed by atoms with E-state index in [1.807, 2.05) is 0 Å². The third-order valence-corrected chi connectivity index (χ3v) is 3.29. The van der Waals surface area contributed by atoms with Crippen LogP contribution in [0.5, 0.6) is 0 Å². The van der Waals surface area contributed by atoms with Crippen LogP contribution in [0, 0.1) is 5.82 Å². The molecule has 4 nitrogen and oxygen atoms in total. The highest BCUT2D eigenvalue weighted by molar-refractivity contribution is 5.88. The molecule has 1 fully saturated rings. The predicted octanol–water partition coefficient (Wildman–Crippen LogP) is 2.13. The minimum Gasteiger partial charge on any atom is -0.478 e. The second kappa shape index (κ2) is 6.12. The summed E-state index contributed by atoms with van der Waals surface area (Å²) in [7, 11) is 1.66. The topological polar surface area (TPSA) is 49.8 Å². The van der Waals surface area contributed by atoms with E-state index in [2.05, 4.69) is 4.90 Å². The molecule has 0 unspecified atom stereocenters. The Morgan fingerprint density at radius 3 is 2.84 bits per heavy atom. The standard InChI is InChI=1S/C14H18FNO3/c1-19-7-6-16(11-3-4-11)9-10-2-5-13(15)12(8-10)14(17)18/h2,5,8,11H,3-4,6-7,9H2,1H3,(H,17,18). The van der Waals surface area contributed by atoms with Crippen molar-refractivity contribution < 1.29 is 19.0 Å². The van der Waals surface area contributed by atoms with Gasteiger partial charge in [0.15, 0.2) is 0 Å². The number of carbonyl (C=O) groups is 1. The molecule has 0 amide bonds. The highest BCUT2D eigenvalue weighted by Crippen LogP contribution is 2.28. The fourth-order valence-electron chi connectivity index (χ4n) is 2.11. The third-order valence-electron chi connectivity index (χ3n) is 3.29. The van der Waals surface area contributed by atoms with Crippen LogP contribution in [0.1, 0.15) is 28.8 Å². The number of ether oxygens (including phenoxy) is 1. The molecule has 19 heavy (non-hydrogen) atoms. The largest absolute Gasteiger partial charge is 0.478 e. The van der Waals surface area contributed by atoms with E-state index in [-0.39, 0.29) is 5.56 Å². The van der Waals surface area contributed by atoms with Crippen molar-refractivity contribution in [3.05, 3.63) is 35.1 Å². The minimum absolute atomic E-state index is 0.264. The van der Waals surface area contributed by atoms with Gasteiger partial charge in [-0.15, -0.1) is 0 Å². The molecule has 0 spiro atoms. The molecule has 1 aliphatic carbocycles. The van der Waals surface area contributed by atoms with Crippen LogP contribution in [-0.4, -0.2) is 42.3 Å². The van der Waals surface area contributed by atoms with Crippen molar-refractivity contribution in [2.24, 2.45) is 0 Å². The number of rotatable bonds is 7. The fourth-order valence-corrected chi connectivity index (χ4v) is 2.11. The van der Waals surface area contributed by atoms with Crippen LogP contribution in [0.25, 0.3) is 0 Å². The van der Waals surface area contributed by atoms with E-state index in [4.69, 9.17) is 9.84 Å². The Morgan fingerprint density at radius 2 is 2.26 bits per heavy atom. The number of hydrogen-bond donors (Lipinski definition) is 1.